The molecule has 0 saturated heterocycles. The lowest BCUT2D eigenvalue weighted by Gasteiger charge is -2.12. The van der Waals surface area contributed by atoms with E-state index in [1.165, 1.54) is 16.5 Å². The number of ether oxygens (including phenoxy) is 1. The summed E-state index contributed by atoms with van der Waals surface area (Å²) < 4.78 is 7.40. The average Bonchev–Trinajstić information content (AvgIpc) is 3.35. The zero-order chi connectivity index (χ0) is 19.3. The molecule has 2 heterocycles. The van der Waals surface area contributed by atoms with Crippen molar-refractivity contribution in [3.8, 4) is 5.75 Å². The summed E-state index contributed by atoms with van der Waals surface area (Å²) in [7, 11) is 1.70. The van der Waals surface area contributed by atoms with Crippen LogP contribution >= 0.6 is 11.6 Å². The van der Waals surface area contributed by atoms with Crippen molar-refractivity contribution in [2.75, 3.05) is 13.7 Å². The highest BCUT2D eigenvalue weighted by Crippen LogP contribution is 2.23. The number of nitrogens with one attached hydrogen (secondary N) is 2. The summed E-state index contributed by atoms with van der Waals surface area (Å²) in [6.07, 6.45) is 6.75. The predicted octanol–water partition coefficient (Wildman–Crippen LogP) is 4.41. The third-order valence-electron chi connectivity index (χ3n) is 4.87. The molecule has 0 radical (unpaired) electrons. The number of benzene rings is 2. The standard InChI is InChI=1S/C22H23ClN4O/c1-28-22-6-3-16(11-18(22)15-27-10-2-8-26-27)13-24-9-7-17-14-25-21-5-4-19(23)12-20(17)21/h2-6,8,10-12,14,24-25H,7,9,13,15H2,1H3. The fourth-order valence-corrected chi connectivity index (χ4v) is 3.62. The number of nitrogens with zero attached hydrogens (tertiary/aromatic N) is 2. The van der Waals surface area contributed by atoms with Crippen molar-refractivity contribution < 1.29 is 4.74 Å². The van der Waals surface area contributed by atoms with Gasteiger partial charge in [0.2, 0.25) is 0 Å². The summed E-state index contributed by atoms with van der Waals surface area (Å²) in [4.78, 5) is 3.31. The molecule has 0 unspecified atom stereocenters. The van der Waals surface area contributed by atoms with Gasteiger partial charge in [0.25, 0.3) is 0 Å². The maximum Gasteiger partial charge on any atom is 0.123 e. The van der Waals surface area contributed by atoms with Crippen LogP contribution in [0.2, 0.25) is 5.02 Å². The molecule has 0 aliphatic carbocycles. The monoisotopic (exact) mass is 394 g/mol. The van der Waals surface area contributed by atoms with Crippen LogP contribution in [0.1, 0.15) is 16.7 Å². The van der Waals surface area contributed by atoms with Crippen LogP contribution in [0.25, 0.3) is 10.9 Å². The summed E-state index contributed by atoms with van der Waals surface area (Å²) in [5.74, 6) is 0.884. The first-order chi connectivity index (χ1) is 13.7. The lowest BCUT2D eigenvalue weighted by molar-refractivity contribution is 0.407. The Morgan fingerprint density at radius 3 is 2.93 bits per heavy atom. The molecule has 6 heteroatoms. The number of methoxy groups -OCH3 is 1. The molecule has 4 rings (SSSR count). The third kappa shape index (κ3) is 4.21. The quantitative estimate of drug-likeness (QED) is 0.435. The van der Waals surface area contributed by atoms with Crippen molar-refractivity contribution in [1.82, 2.24) is 20.1 Å². The summed E-state index contributed by atoms with van der Waals surface area (Å²) in [6.45, 7) is 2.39. The SMILES string of the molecule is COc1ccc(CNCCc2c[nH]c3ccc(Cl)cc23)cc1Cn1cccn1. The smallest absolute Gasteiger partial charge is 0.123 e. The van der Waals surface area contributed by atoms with Crippen LogP contribution in [-0.2, 0) is 19.5 Å². The summed E-state index contributed by atoms with van der Waals surface area (Å²) in [5.41, 5.74) is 4.75. The molecule has 0 aliphatic heterocycles. The lowest BCUT2D eigenvalue weighted by Crippen LogP contribution is -2.17. The number of H-pyrrole nitrogens is 1. The third-order valence-corrected chi connectivity index (χ3v) is 5.10. The first-order valence-electron chi connectivity index (χ1n) is 9.32. The highest BCUT2D eigenvalue weighted by atomic mass is 35.5. The van der Waals surface area contributed by atoms with Gasteiger partial charge in [-0.05, 0) is 60.5 Å². The fourth-order valence-electron chi connectivity index (χ4n) is 3.45. The maximum atomic E-state index is 6.13. The second kappa shape index (κ2) is 8.50. The van der Waals surface area contributed by atoms with Crippen LogP contribution in [0.15, 0.2) is 61.1 Å². The van der Waals surface area contributed by atoms with Gasteiger partial charge in [-0.3, -0.25) is 4.68 Å². The minimum Gasteiger partial charge on any atom is -0.496 e. The van der Waals surface area contributed by atoms with E-state index in [2.05, 4.69) is 33.7 Å². The molecule has 0 atom stereocenters. The molecular formula is C22H23ClN4O. The molecule has 144 valence electrons. The van der Waals surface area contributed by atoms with E-state index in [9.17, 15) is 0 Å². The van der Waals surface area contributed by atoms with Crippen molar-refractivity contribution in [3.63, 3.8) is 0 Å². The van der Waals surface area contributed by atoms with E-state index in [0.29, 0.717) is 6.54 Å². The van der Waals surface area contributed by atoms with Gasteiger partial charge in [-0.1, -0.05) is 17.7 Å². The predicted molar refractivity (Wildman–Crippen MR) is 113 cm³/mol. The van der Waals surface area contributed by atoms with Gasteiger partial charge in [-0.2, -0.15) is 5.10 Å². The second-order valence-corrected chi connectivity index (χ2v) is 7.22. The van der Waals surface area contributed by atoms with Crippen LogP contribution in [0, 0.1) is 0 Å². The minimum atomic E-state index is 0.695. The first-order valence-corrected chi connectivity index (χ1v) is 9.70. The van der Waals surface area contributed by atoms with Gasteiger partial charge in [0.1, 0.15) is 5.75 Å². The molecule has 2 N–H and O–H groups in total. The molecule has 0 amide bonds. The Balaban J connectivity index is 1.37. The van der Waals surface area contributed by atoms with Crippen LogP contribution in [-0.4, -0.2) is 28.4 Å². The largest absolute Gasteiger partial charge is 0.496 e. The summed E-state index contributed by atoms with van der Waals surface area (Å²) in [6, 6.07) is 14.2. The van der Waals surface area contributed by atoms with Gasteiger partial charge >= 0.3 is 0 Å². The molecule has 0 bridgehead atoms. The fraction of sp³-hybridized carbons (Fsp3) is 0.227. The molecule has 4 aromatic rings. The number of hydrogen-bond donors (Lipinski definition) is 2. The summed E-state index contributed by atoms with van der Waals surface area (Å²) in [5, 5.41) is 9.78. The zero-order valence-electron chi connectivity index (χ0n) is 15.8. The van der Waals surface area contributed by atoms with Gasteiger partial charge in [-0.15, -0.1) is 0 Å². The lowest BCUT2D eigenvalue weighted by atomic mass is 10.1. The van der Waals surface area contributed by atoms with Crippen LogP contribution in [0.3, 0.4) is 0 Å². The number of aromatic nitrogens is 3. The van der Waals surface area contributed by atoms with Gasteiger partial charge in [0.15, 0.2) is 0 Å². The van der Waals surface area contributed by atoms with Crippen LogP contribution < -0.4 is 10.1 Å². The Kier molecular flexibility index (Phi) is 5.65. The van der Waals surface area contributed by atoms with E-state index in [-0.39, 0.29) is 0 Å². The maximum absolute atomic E-state index is 6.13. The van der Waals surface area contributed by atoms with Crippen LogP contribution in [0.5, 0.6) is 5.75 Å². The molecule has 0 spiro atoms. The van der Waals surface area contributed by atoms with E-state index < -0.39 is 0 Å². The Hall–Kier alpha value is -2.76. The van der Waals surface area contributed by atoms with Crippen molar-refractivity contribution in [2.45, 2.75) is 19.5 Å². The van der Waals surface area contributed by atoms with Crippen molar-refractivity contribution in [3.05, 3.63) is 82.8 Å². The van der Waals surface area contributed by atoms with Crippen molar-refractivity contribution >= 4 is 22.5 Å². The molecule has 0 aliphatic rings. The van der Waals surface area contributed by atoms with Crippen molar-refractivity contribution in [1.29, 1.82) is 0 Å². The Bertz CT molecular complexity index is 1060. The van der Waals surface area contributed by atoms with E-state index in [1.54, 1.807) is 13.3 Å². The Morgan fingerprint density at radius 2 is 2.11 bits per heavy atom. The van der Waals surface area contributed by atoms with Gasteiger partial charge < -0.3 is 15.0 Å². The van der Waals surface area contributed by atoms with E-state index >= 15 is 0 Å². The molecule has 2 aromatic carbocycles. The highest BCUT2D eigenvalue weighted by molar-refractivity contribution is 6.31. The number of fused-ring (bicyclic) bond motifs is 1. The van der Waals surface area contributed by atoms with Gasteiger partial charge in [-0.25, -0.2) is 0 Å². The van der Waals surface area contributed by atoms with Gasteiger partial charge in [0.05, 0.1) is 13.7 Å². The topological polar surface area (TPSA) is 54.9 Å². The second-order valence-electron chi connectivity index (χ2n) is 6.78. The van der Waals surface area contributed by atoms with E-state index in [4.69, 9.17) is 16.3 Å². The van der Waals surface area contributed by atoms with Gasteiger partial charge in [0, 0.05) is 46.6 Å². The first kappa shape index (κ1) is 18.6. The molecule has 0 fully saturated rings. The van der Waals surface area contributed by atoms with Crippen LogP contribution in [0.4, 0.5) is 0 Å². The van der Waals surface area contributed by atoms with E-state index in [0.717, 1.165) is 41.4 Å². The number of aromatic amines is 1. The number of hydrogen-bond acceptors (Lipinski definition) is 3. The number of rotatable bonds is 8. The highest BCUT2D eigenvalue weighted by Gasteiger charge is 2.07. The minimum absolute atomic E-state index is 0.695. The van der Waals surface area contributed by atoms with E-state index in [1.807, 2.05) is 41.2 Å². The molecule has 2 aromatic heterocycles. The molecular weight excluding hydrogens is 372 g/mol. The zero-order valence-corrected chi connectivity index (χ0v) is 16.5. The normalized spacial score (nSPS) is 11.2. The Labute approximate surface area is 169 Å². The molecule has 28 heavy (non-hydrogen) atoms. The number of halogens is 1. The van der Waals surface area contributed by atoms with Crippen molar-refractivity contribution in [2.24, 2.45) is 0 Å². The summed E-state index contributed by atoms with van der Waals surface area (Å²) >= 11 is 6.13. The Morgan fingerprint density at radius 1 is 1.18 bits per heavy atom. The average molecular weight is 395 g/mol. The molecule has 5 nitrogen and oxygen atoms in total. The molecule has 0 saturated carbocycles.